The van der Waals surface area contributed by atoms with Gasteiger partial charge in [0.2, 0.25) is 0 Å². The number of aromatic nitrogens is 1. The van der Waals surface area contributed by atoms with E-state index in [9.17, 15) is 4.79 Å². The van der Waals surface area contributed by atoms with Crippen molar-refractivity contribution in [3.8, 4) is 0 Å². The number of carbonyl (C=O) groups is 1. The van der Waals surface area contributed by atoms with Crippen molar-refractivity contribution in [1.82, 2.24) is 20.1 Å². The van der Waals surface area contributed by atoms with Gasteiger partial charge in [0, 0.05) is 64.2 Å². The van der Waals surface area contributed by atoms with E-state index in [1.807, 2.05) is 4.90 Å². The van der Waals surface area contributed by atoms with Crippen LogP contribution >= 0.6 is 11.3 Å². The van der Waals surface area contributed by atoms with E-state index in [4.69, 9.17) is 14.4 Å². The molecule has 8 nitrogen and oxygen atoms in total. The van der Waals surface area contributed by atoms with Crippen LogP contribution in [0.3, 0.4) is 0 Å². The molecule has 162 valence electrons. The fraction of sp³-hybridized carbons (Fsp3) is 0.571. The average molecular weight is 431 g/mol. The molecule has 0 radical (unpaired) electrons. The normalized spacial score (nSPS) is 17.6. The van der Waals surface area contributed by atoms with Crippen LogP contribution in [0.5, 0.6) is 0 Å². The third kappa shape index (κ3) is 4.95. The van der Waals surface area contributed by atoms with Crippen molar-refractivity contribution in [1.29, 1.82) is 0 Å². The fourth-order valence-electron chi connectivity index (χ4n) is 3.84. The van der Waals surface area contributed by atoms with Gasteiger partial charge < -0.3 is 24.4 Å². The van der Waals surface area contributed by atoms with E-state index in [1.165, 1.54) is 19.1 Å². The number of nitrogens with one attached hydrogen (secondary N) is 1. The van der Waals surface area contributed by atoms with Gasteiger partial charge in [0.25, 0.3) is 5.91 Å². The van der Waals surface area contributed by atoms with Crippen LogP contribution in [0.25, 0.3) is 0 Å². The number of hydrogen-bond acceptors (Lipinski definition) is 6. The first-order valence-corrected chi connectivity index (χ1v) is 11.7. The minimum Gasteiger partial charge on any atom is -0.459 e. The summed E-state index contributed by atoms with van der Waals surface area (Å²) in [5, 5.41) is 6.70. The first kappa shape index (κ1) is 20.7. The first-order valence-electron chi connectivity index (χ1n) is 10.8. The van der Waals surface area contributed by atoms with Crippen molar-refractivity contribution in [3.05, 3.63) is 35.2 Å². The molecule has 0 aromatic carbocycles. The van der Waals surface area contributed by atoms with Gasteiger partial charge in [0.05, 0.1) is 12.0 Å². The second-order valence-corrected chi connectivity index (χ2v) is 8.39. The van der Waals surface area contributed by atoms with Crippen LogP contribution in [0.4, 0.5) is 5.13 Å². The van der Waals surface area contributed by atoms with Gasteiger partial charge in [0.15, 0.2) is 16.9 Å². The summed E-state index contributed by atoms with van der Waals surface area (Å²) < 4.78 is 5.24. The molecule has 1 N–H and O–H groups in total. The van der Waals surface area contributed by atoms with Crippen LogP contribution in [0.15, 0.2) is 33.2 Å². The van der Waals surface area contributed by atoms with Crippen molar-refractivity contribution in [2.24, 2.45) is 4.99 Å². The highest BCUT2D eigenvalue weighted by Gasteiger charge is 2.25. The lowest BCUT2D eigenvalue weighted by atomic mass is 10.3. The number of rotatable bonds is 6. The van der Waals surface area contributed by atoms with Gasteiger partial charge in [-0.1, -0.05) is 0 Å². The van der Waals surface area contributed by atoms with Crippen molar-refractivity contribution in [3.63, 3.8) is 0 Å². The zero-order valence-electron chi connectivity index (χ0n) is 17.5. The van der Waals surface area contributed by atoms with Gasteiger partial charge in [-0.05, 0) is 31.9 Å². The van der Waals surface area contributed by atoms with Gasteiger partial charge in [-0.25, -0.2) is 4.98 Å². The minimum atomic E-state index is -0.0427. The molecule has 4 heterocycles. The molecule has 0 saturated carbocycles. The molecule has 2 aliphatic rings. The Bertz CT molecular complexity index is 836. The molecule has 0 bridgehead atoms. The summed E-state index contributed by atoms with van der Waals surface area (Å²) in [7, 11) is 0. The van der Waals surface area contributed by atoms with E-state index in [0.717, 1.165) is 55.9 Å². The molecule has 2 aliphatic heterocycles. The maximum atomic E-state index is 12.4. The molecular formula is C21H30N6O2S. The van der Waals surface area contributed by atoms with Gasteiger partial charge in [0.1, 0.15) is 0 Å². The smallest absolute Gasteiger partial charge is 0.289 e. The Morgan fingerprint density at radius 1 is 1.20 bits per heavy atom. The number of thiazole rings is 1. The van der Waals surface area contributed by atoms with E-state index in [0.29, 0.717) is 25.4 Å². The van der Waals surface area contributed by atoms with Crippen molar-refractivity contribution >= 4 is 28.3 Å². The molecule has 0 unspecified atom stereocenters. The van der Waals surface area contributed by atoms with E-state index < -0.39 is 0 Å². The number of anilines is 1. The van der Waals surface area contributed by atoms with Crippen LogP contribution in [0, 0.1) is 0 Å². The van der Waals surface area contributed by atoms with Gasteiger partial charge in [-0.15, -0.1) is 11.3 Å². The molecule has 9 heteroatoms. The monoisotopic (exact) mass is 430 g/mol. The molecule has 4 rings (SSSR count). The summed E-state index contributed by atoms with van der Waals surface area (Å²) >= 11 is 1.74. The zero-order valence-corrected chi connectivity index (χ0v) is 18.4. The third-order valence-corrected chi connectivity index (χ3v) is 6.43. The van der Waals surface area contributed by atoms with Crippen LogP contribution in [0.2, 0.25) is 0 Å². The number of amides is 1. The Kier molecular flexibility index (Phi) is 6.88. The summed E-state index contributed by atoms with van der Waals surface area (Å²) in [6, 6.07) is 3.46. The summed E-state index contributed by atoms with van der Waals surface area (Å²) in [4.78, 5) is 28.5. The molecule has 0 aliphatic carbocycles. The number of aliphatic imine (C=N–C) groups is 1. The maximum Gasteiger partial charge on any atom is 0.289 e. The first-order chi connectivity index (χ1) is 14.7. The number of hydrogen-bond donors (Lipinski definition) is 1. The molecular weight excluding hydrogens is 400 g/mol. The second kappa shape index (κ2) is 9.97. The Hall–Kier alpha value is -2.55. The zero-order chi connectivity index (χ0) is 20.8. The molecule has 2 aromatic rings. The summed E-state index contributed by atoms with van der Waals surface area (Å²) in [5.74, 6) is 1.28. The maximum absolute atomic E-state index is 12.4. The van der Waals surface area contributed by atoms with Crippen LogP contribution in [0.1, 0.15) is 36.0 Å². The van der Waals surface area contributed by atoms with E-state index in [2.05, 4.69) is 27.4 Å². The number of piperazine rings is 1. The van der Waals surface area contributed by atoms with Crippen LogP contribution in [-0.4, -0.2) is 79.0 Å². The molecule has 2 aromatic heterocycles. The molecule has 2 saturated heterocycles. The lowest BCUT2D eigenvalue weighted by Crippen LogP contribution is -2.53. The standard InChI is InChI=1S/C21H30N6O2S/c1-2-22-20(23-8-7-17-16-30-21(24-17)27-9-3-4-10-27)26-13-11-25(12-14-26)19(28)18-6-5-15-29-18/h5-6,15-16H,2-4,7-14H2,1H3,(H,22,23). The lowest BCUT2D eigenvalue weighted by Gasteiger charge is -2.36. The molecule has 0 atom stereocenters. The van der Waals surface area contributed by atoms with E-state index >= 15 is 0 Å². The lowest BCUT2D eigenvalue weighted by molar-refractivity contribution is 0.0657. The van der Waals surface area contributed by atoms with Crippen molar-refractivity contribution in [2.75, 3.05) is 57.3 Å². The average Bonchev–Trinajstić information content (AvgIpc) is 3.55. The number of guanidine groups is 1. The van der Waals surface area contributed by atoms with Gasteiger partial charge in [-0.2, -0.15) is 0 Å². The third-order valence-electron chi connectivity index (χ3n) is 5.48. The van der Waals surface area contributed by atoms with E-state index in [1.54, 1.807) is 23.5 Å². The molecule has 30 heavy (non-hydrogen) atoms. The number of carbonyl (C=O) groups excluding carboxylic acids is 1. The van der Waals surface area contributed by atoms with Gasteiger partial charge >= 0.3 is 0 Å². The fourth-order valence-corrected chi connectivity index (χ4v) is 4.76. The highest BCUT2D eigenvalue weighted by atomic mass is 32.1. The predicted octanol–water partition coefficient (Wildman–Crippen LogP) is 2.30. The summed E-state index contributed by atoms with van der Waals surface area (Å²) in [5.41, 5.74) is 1.12. The quantitative estimate of drug-likeness (QED) is 0.560. The predicted molar refractivity (Wildman–Crippen MR) is 119 cm³/mol. The number of furan rings is 1. The Morgan fingerprint density at radius 3 is 2.67 bits per heavy atom. The molecule has 2 fully saturated rings. The largest absolute Gasteiger partial charge is 0.459 e. The highest BCUT2D eigenvalue weighted by molar-refractivity contribution is 7.13. The highest BCUT2D eigenvalue weighted by Crippen LogP contribution is 2.24. The summed E-state index contributed by atoms with van der Waals surface area (Å²) in [6.45, 7) is 8.70. The Labute approximate surface area is 181 Å². The second-order valence-electron chi connectivity index (χ2n) is 7.56. The van der Waals surface area contributed by atoms with Crippen LogP contribution in [-0.2, 0) is 6.42 Å². The van der Waals surface area contributed by atoms with Crippen LogP contribution < -0.4 is 10.2 Å². The SMILES string of the molecule is CCNC(=NCCc1csc(N2CCCC2)n1)N1CCN(C(=O)c2ccco2)CC1. The topological polar surface area (TPSA) is 77.2 Å². The number of nitrogens with zero attached hydrogens (tertiary/aromatic N) is 5. The Morgan fingerprint density at radius 2 is 1.97 bits per heavy atom. The molecule has 1 amide bonds. The van der Waals surface area contributed by atoms with Gasteiger partial charge in [-0.3, -0.25) is 9.79 Å². The Balaban J connectivity index is 1.29. The minimum absolute atomic E-state index is 0.0427. The van der Waals surface area contributed by atoms with E-state index in [-0.39, 0.29) is 5.91 Å². The summed E-state index contributed by atoms with van der Waals surface area (Å²) in [6.07, 6.45) is 4.92. The molecule has 0 spiro atoms. The van der Waals surface area contributed by atoms with Crippen molar-refractivity contribution < 1.29 is 9.21 Å². The van der Waals surface area contributed by atoms with Crippen molar-refractivity contribution in [2.45, 2.75) is 26.2 Å².